The van der Waals surface area contributed by atoms with Crippen molar-refractivity contribution in [2.45, 2.75) is 48.0 Å². The largest absolute Gasteiger partial charge is 0.464 e. The van der Waals surface area contributed by atoms with Gasteiger partial charge in [-0.15, -0.1) is 0 Å². The van der Waals surface area contributed by atoms with Crippen LogP contribution in [0.4, 0.5) is 0 Å². The van der Waals surface area contributed by atoms with Crippen LogP contribution in [0.5, 0.6) is 0 Å². The highest BCUT2D eigenvalue weighted by molar-refractivity contribution is 5.76. The molecule has 0 saturated heterocycles. The number of esters is 1. The standard InChI is InChI=1S/C13H27NO2/c1-10(2)13(6,9-12(3,4)5)11(15)16-8-7-14/h10H,7-9,14H2,1-6H3. The highest BCUT2D eigenvalue weighted by Crippen LogP contribution is 2.40. The molecular weight excluding hydrogens is 202 g/mol. The number of rotatable bonds is 5. The van der Waals surface area contributed by atoms with Crippen molar-refractivity contribution in [3.8, 4) is 0 Å². The molecule has 0 radical (unpaired) electrons. The van der Waals surface area contributed by atoms with Gasteiger partial charge in [-0.1, -0.05) is 34.6 Å². The van der Waals surface area contributed by atoms with E-state index in [0.717, 1.165) is 6.42 Å². The van der Waals surface area contributed by atoms with Crippen LogP contribution in [0.2, 0.25) is 0 Å². The van der Waals surface area contributed by atoms with Crippen molar-refractivity contribution < 1.29 is 9.53 Å². The first-order chi connectivity index (χ1) is 7.13. The predicted molar refractivity (Wildman–Crippen MR) is 67.0 cm³/mol. The maximum atomic E-state index is 12.1. The highest BCUT2D eigenvalue weighted by atomic mass is 16.5. The lowest BCUT2D eigenvalue weighted by atomic mass is 9.69. The lowest BCUT2D eigenvalue weighted by Crippen LogP contribution is -2.39. The first-order valence-corrected chi connectivity index (χ1v) is 6.01. The van der Waals surface area contributed by atoms with E-state index in [9.17, 15) is 4.79 Å². The van der Waals surface area contributed by atoms with Gasteiger partial charge in [0, 0.05) is 6.54 Å². The lowest BCUT2D eigenvalue weighted by molar-refractivity contribution is -0.159. The third-order valence-electron chi connectivity index (χ3n) is 2.99. The van der Waals surface area contributed by atoms with Crippen molar-refractivity contribution >= 4 is 5.97 Å². The highest BCUT2D eigenvalue weighted by Gasteiger charge is 2.41. The molecule has 1 atom stereocenters. The van der Waals surface area contributed by atoms with Gasteiger partial charge < -0.3 is 10.5 Å². The van der Waals surface area contributed by atoms with Gasteiger partial charge in [-0.3, -0.25) is 4.79 Å². The van der Waals surface area contributed by atoms with E-state index in [0.29, 0.717) is 13.2 Å². The summed E-state index contributed by atoms with van der Waals surface area (Å²) in [6.45, 7) is 13.2. The van der Waals surface area contributed by atoms with E-state index in [1.54, 1.807) is 0 Å². The topological polar surface area (TPSA) is 52.3 Å². The minimum Gasteiger partial charge on any atom is -0.464 e. The van der Waals surface area contributed by atoms with Crippen LogP contribution in [0.3, 0.4) is 0 Å². The molecule has 96 valence electrons. The molecule has 0 heterocycles. The Morgan fingerprint density at radius 2 is 1.75 bits per heavy atom. The summed E-state index contributed by atoms with van der Waals surface area (Å²) in [6.07, 6.45) is 0.821. The molecule has 0 fully saturated rings. The average Bonchev–Trinajstić information content (AvgIpc) is 2.10. The normalized spacial score (nSPS) is 16.0. The van der Waals surface area contributed by atoms with E-state index in [1.165, 1.54) is 0 Å². The summed E-state index contributed by atoms with van der Waals surface area (Å²) in [4.78, 5) is 12.1. The maximum absolute atomic E-state index is 12.1. The Morgan fingerprint density at radius 1 is 1.25 bits per heavy atom. The summed E-state index contributed by atoms with van der Waals surface area (Å²) in [5.74, 6) is 0.139. The number of hydrogen-bond donors (Lipinski definition) is 1. The molecule has 0 aromatic rings. The Morgan fingerprint density at radius 3 is 2.06 bits per heavy atom. The maximum Gasteiger partial charge on any atom is 0.312 e. The molecule has 0 saturated carbocycles. The molecule has 3 nitrogen and oxygen atoms in total. The van der Waals surface area contributed by atoms with Crippen molar-refractivity contribution in [1.29, 1.82) is 0 Å². The second-order valence-corrected chi connectivity index (χ2v) is 6.23. The van der Waals surface area contributed by atoms with E-state index in [4.69, 9.17) is 10.5 Å². The number of ether oxygens (including phenoxy) is 1. The Hall–Kier alpha value is -0.570. The van der Waals surface area contributed by atoms with Gasteiger partial charge in [0.1, 0.15) is 6.61 Å². The van der Waals surface area contributed by atoms with Crippen LogP contribution in [0.15, 0.2) is 0 Å². The zero-order chi connectivity index (χ0) is 13.0. The van der Waals surface area contributed by atoms with Crippen LogP contribution < -0.4 is 5.73 Å². The van der Waals surface area contributed by atoms with Crippen LogP contribution in [0.25, 0.3) is 0 Å². The zero-order valence-electron chi connectivity index (χ0n) is 11.6. The number of nitrogens with two attached hydrogens (primary N) is 1. The fourth-order valence-corrected chi connectivity index (χ4v) is 1.93. The molecule has 0 aliphatic carbocycles. The molecular formula is C13H27NO2. The van der Waals surface area contributed by atoms with Gasteiger partial charge in [-0.2, -0.15) is 0 Å². The third kappa shape index (κ3) is 4.52. The molecule has 0 amide bonds. The second-order valence-electron chi connectivity index (χ2n) is 6.23. The smallest absolute Gasteiger partial charge is 0.312 e. The summed E-state index contributed by atoms with van der Waals surface area (Å²) in [7, 11) is 0. The first-order valence-electron chi connectivity index (χ1n) is 6.01. The predicted octanol–water partition coefficient (Wildman–Crippen LogP) is 2.59. The van der Waals surface area contributed by atoms with Gasteiger partial charge in [-0.25, -0.2) is 0 Å². The lowest BCUT2D eigenvalue weighted by Gasteiger charge is -2.36. The first kappa shape index (κ1) is 15.4. The Labute approximate surface area is 99.7 Å². The second kappa shape index (κ2) is 5.67. The molecule has 0 aromatic heterocycles. The van der Waals surface area contributed by atoms with Gasteiger partial charge in [0.2, 0.25) is 0 Å². The number of carbonyl (C=O) groups excluding carboxylic acids is 1. The van der Waals surface area contributed by atoms with Crippen molar-refractivity contribution in [2.75, 3.05) is 13.2 Å². The summed E-state index contributed by atoms with van der Waals surface area (Å²) in [5.41, 5.74) is 5.03. The quantitative estimate of drug-likeness (QED) is 0.737. The van der Waals surface area contributed by atoms with Gasteiger partial charge in [0.15, 0.2) is 0 Å². The SMILES string of the molecule is CC(C)C(C)(CC(C)(C)C)C(=O)OCCN. The van der Waals surface area contributed by atoms with Crippen LogP contribution in [-0.4, -0.2) is 19.1 Å². The Kier molecular flexibility index (Phi) is 5.47. The monoisotopic (exact) mass is 229 g/mol. The molecule has 2 N–H and O–H groups in total. The average molecular weight is 229 g/mol. The Balaban J connectivity index is 4.75. The van der Waals surface area contributed by atoms with Gasteiger partial charge in [0.25, 0.3) is 0 Å². The molecule has 0 rings (SSSR count). The van der Waals surface area contributed by atoms with E-state index < -0.39 is 5.41 Å². The summed E-state index contributed by atoms with van der Waals surface area (Å²) >= 11 is 0. The number of carbonyl (C=O) groups is 1. The van der Waals surface area contributed by atoms with Crippen molar-refractivity contribution in [2.24, 2.45) is 22.5 Å². The van der Waals surface area contributed by atoms with E-state index >= 15 is 0 Å². The zero-order valence-corrected chi connectivity index (χ0v) is 11.6. The van der Waals surface area contributed by atoms with E-state index in [1.807, 2.05) is 6.92 Å². The molecule has 0 spiro atoms. The summed E-state index contributed by atoms with van der Waals surface area (Å²) in [5, 5.41) is 0. The van der Waals surface area contributed by atoms with Crippen LogP contribution in [-0.2, 0) is 9.53 Å². The third-order valence-corrected chi connectivity index (χ3v) is 2.99. The minimum atomic E-state index is -0.423. The summed E-state index contributed by atoms with van der Waals surface area (Å²) < 4.78 is 5.20. The van der Waals surface area contributed by atoms with Gasteiger partial charge in [-0.05, 0) is 24.7 Å². The molecule has 0 bridgehead atoms. The van der Waals surface area contributed by atoms with E-state index in [2.05, 4.69) is 34.6 Å². The van der Waals surface area contributed by atoms with E-state index in [-0.39, 0.29) is 17.3 Å². The van der Waals surface area contributed by atoms with Crippen molar-refractivity contribution in [3.63, 3.8) is 0 Å². The van der Waals surface area contributed by atoms with Crippen LogP contribution >= 0.6 is 0 Å². The molecule has 1 unspecified atom stereocenters. The molecule has 0 aromatic carbocycles. The van der Waals surface area contributed by atoms with Crippen molar-refractivity contribution in [3.05, 3.63) is 0 Å². The van der Waals surface area contributed by atoms with Gasteiger partial charge >= 0.3 is 5.97 Å². The van der Waals surface area contributed by atoms with Crippen LogP contribution in [0, 0.1) is 16.7 Å². The molecule has 0 aliphatic heterocycles. The fourth-order valence-electron chi connectivity index (χ4n) is 1.93. The molecule has 3 heteroatoms. The summed E-state index contributed by atoms with van der Waals surface area (Å²) in [6, 6.07) is 0. The van der Waals surface area contributed by atoms with Crippen molar-refractivity contribution in [1.82, 2.24) is 0 Å². The Bertz CT molecular complexity index is 231. The fraction of sp³-hybridized carbons (Fsp3) is 0.923. The van der Waals surface area contributed by atoms with Gasteiger partial charge in [0.05, 0.1) is 5.41 Å². The molecule has 16 heavy (non-hydrogen) atoms. The van der Waals surface area contributed by atoms with Crippen LogP contribution in [0.1, 0.15) is 48.0 Å². The number of hydrogen-bond acceptors (Lipinski definition) is 3. The minimum absolute atomic E-state index is 0.112. The molecule has 0 aliphatic rings.